The third-order valence-corrected chi connectivity index (χ3v) is 5.71. The van der Waals surface area contributed by atoms with Crippen molar-refractivity contribution in [1.82, 2.24) is 4.90 Å². The smallest absolute Gasteiger partial charge is 0.335 e. The summed E-state index contributed by atoms with van der Waals surface area (Å²) < 4.78 is 0. The molecule has 7 heteroatoms. The van der Waals surface area contributed by atoms with Crippen molar-refractivity contribution < 1.29 is 24.3 Å². The van der Waals surface area contributed by atoms with E-state index in [1.807, 2.05) is 0 Å². The van der Waals surface area contributed by atoms with Gasteiger partial charge in [-0.25, -0.2) is 4.79 Å². The molecule has 2 bridgehead atoms. The highest BCUT2D eigenvalue weighted by molar-refractivity contribution is 6.09. The molecule has 2 aliphatic carbocycles. The zero-order valence-electron chi connectivity index (χ0n) is 13.5. The van der Waals surface area contributed by atoms with E-state index in [1.54, 1.807) is 6.07 Å². The SMILES string of the molecule is O=C(CN1C(=O)C2C3CCC(C3)C2C1=O)Nc1cccc(C(=O)O)c1. The maximum absolute atomic E-state index is 12.6. The maximum Gasteiger partial charge on any atom is 0.335 e. The first-order chi connectivity index (χ1) is 12.0. The summed E-state index contributed by atoms with van der Waals surface area (Å²) in [5.74, 6) is -1.96. The summed E-state index contributed by atoms with van der Waals surface area (Å²) in [6, 6.07) is 5.84. The van der Waals surface area contributed by atoms with Gasteiger partial charge >= 0.3 is 5.97 Å². The highest BCUT2D eigenvalue weighted by Gasteiger charge is 2.60. The molecule has 4 rings (SSSR count). The van der Waals surface area contributed by atoms with E-state index in [4.69, 9.17) is 5.11 Å². The molecule has 0 aromatic heterocycles. The predicted molar refractivity (Wildman–Crippen MR) is 86.6 cm³/mol. The zero-order valence-corrected chi connectivity index (χ0v) is 13.5. The Morgan fingerprint density at radius 3 is 2.36 bits per heavy atom. The summed E-state index contributed by atoms with van der Waals surface area (Å²) >= 11 is 0. The molecular weight excluding hydrogens is 324 g/mol. The van der Waals surface area contributed by atoms with E-state index in [1.165, 1.54) is 18.2 Å². The van der Waals surface area contributed by atoms with Crippen LogP contribution in [0.15, 0.2) is 24.3 Å². The van der Waals surface area contributed by atoms with Crippen molar-refractivity contribution >= 4 is 29.4 Å². The van der Waals surface area contributed by atoms with Gasteiger partial charge in [0, 0.05) is 5.69 Å². The molecule has 0 radical (unpaired) electrons. The van der Waals surface area contributed by atoms with Crippen LogP contribution in [0.1, 0.15) is 29.6 Å². The lowest BCUT2D eigenvalue weighted by Gasteiger charge is -2.19. The Bertz CT molecular complexity index is 761. The van der Waals surface area contributed by atoms with Gasteiger partial charge in [-0.1, -0.05) is 6.07 Å². The van der Waals surface area contributed by atoms with E-state index in [9.17, 15) is 19.2 Å². The van der Waals surface area contributed by atoms with Gasteiger partial charge in [0.2, 0.25) is 17.7 Å². The molecule has 2 saturated carbocycles. The fourth-order valence-electron chi connectivity index (χ4n) is 4.70. The average Bonchev–Trinajstić information content (AvgIpc) is 3.25. The van der Waals surface area contributed by atoms with E-state index in [0.29, 0.717) is 5.69 Å². The minimum atomic E-state index is -1.09. The third kappa shape index (κ3) is 2.50. The third-order valence-electron chi connectivity index (χ3n) is 5.71. The molecule has 3 amide bonds. The number of benzene rings is 1. The van der Waals surface area contributed by atoms with Gasteiger partial charge in [0.25, 0.3) is 0 Å². The van der Waals surface area contributed by atoms with Crippen molar-refractivity contribution in [2.45, 2.75) is 19.3 Å². The Hall–Kier alpha value is -2.70. The highest BCUT2D eigenvalue weighted by atomic mass is 16.4. The fraction of sp³-hybridized carbons (Fsp3) is 0.444. The number of carboxylic acids is 1. The van der Waals surface area contributed by atoms with Gasteiger partial charge in [-0.3, -0.25) is 19.3 Å². The molecule has 3 fully saturated rings. The molecule has 25 heavy (non-hydrogen) atoms. The number of imide groups is 1. The molecule has 1 saturated heterocycles. The summed E-state index contributed by atoms with van der Waals surface area (Å²) in [6.45, 7) is -0.318. The summed E-state index contributed by atoms with van der Waals surface area (Å²) in [6.07, 6.45) is 2.94. The molecule has 7 nitrogen and oxygen atoms in total. The van der Waals surface area contributed by atoms with Gasteiger partial charge in [-0.05, 0) is 49.3 Å². The molecule has 4 unspecified atom stereocenters. The molecule has 2 N–H and O–H groups in total. The first-order valence-electron chi connectivity index (χ1n) is 8.44. The Kier molecular flexibility index (Phi) is 3.59. The van der Waals surface area contributed by atoms with Gasteiger partial charge in [0.05, 0.1) is 17.4 Å². The summed E-state index contributed by atoms with van der Waals surface area (Å²) in [5.41, 5.74) is 0.376. The topological polar surface area (TPSA) is 104 Å². The average molecular weight is 342 g/mol. The van der Waals surface area contributed by atoms with Crippen LogP contribution < -0.4 is 5.32 Å². The van der Waals surface area contributed by atoms with Crippen LogP contribution in [0.25, 0.3) is 0 Å². The molecule has 1 aliphatic heterocycles. The standard InChI is InChI=1S/C18H18N2O5/c21-13(19-12-3-1-2-11(7-12)18(24)25)8-20-16(22)14-9-4-5-10(6-9)15(14)17(20)23/h1-3,7,9-10,14-15H,4-6,8H2,(H,19,21)(H,24,25). The summed E-state index contributed by atoms with van der Waals surface area (Å²) in [5, 5.41) is 11.5. The van der Waals surface area contributed by atoms with E-state index in [2.05, 4.69) is 5.32 Å². The highest BCUT2D eigenvalue weighted by Crippen LogP contribution is 2.56. The van der Waals surface area contributed by atoms with Crippen molar-refractivity contribution in [2.75, 3.05) is 11.9 Å². The van der Waals surface area contributed by atoms with Crippen LogP contribution in [0.4, 0.5) is 5.69 Å². The van der Waals surface area contributed by atoms with Gasteiger partial charge in [0.15, 0.2) is 0 Å². The first kappa shape index (κ1) is 15.8. The van der Waals surface area contributed by atoms with Gasteiger partial charge in [0.1, 0.15) is 6.54 Å². The van der Waals surface area contributed by atoms with Crippen molar-refractivity contribution in [1.29, 1.82) is 0 Å². The molecule has 1 heterocycles. The lowest BCUT2D eigenvalue weighted by Crippen LogP contribution is -2.39. The summed E-state index contributed by atoms with van der Waals surface area (Å²) in [7, 11) is 0. The van der Waals surface area contributed by atoms with Gasteiger partial charge in [-0.2, -0.15) is 0 Å². The minimum absolute atomic E-state index is 0.0530. The van der Waals surface area contributed by atoms with Crippen LogP contribution in [-0.2, 0) is 14.4 Å². The van der Waals surface area contributed by atoms with Gasteiger partial charge in [-0.15, -0.1) is 0 Å². The first-order valence-corrected chi connectivity index (χ1v) is 8.44. The number of aromatic carboxylic acids is 1. The second-order valence-electron chi connectivity index (χ2n) is 7.08. The number of hydrogen-bond acceptors (Lipinski definition) is 4. The van der Waals surface area contributed by atoms with Crippen molar-refractivity contribution in [2.24, 2.45) is 23.7 Å². The molecule has 4 atom stereocenters. The number of carbonyl (C=O) groups is 4. The molecule has 0 spiro atoms. The molecule has 3 aliphatic rings. The number of likely N-dealkylation sites (tertiary alicyclic amines) is 1. The largest absolute Gasteiger partial charge is 0.478 e. The van der Waals surface area contributed by atoms with Crippen LogP contribution in [0.2, 0.25) is 0 Å². The Labute approximate surface area is 144 Å². The number of anilines is 1. The molecular formula is C18H18N2O5. The Morgan fingerprint density at radius 1 is 1.12 bits per heavy atom. The number of carboxylic acid groups (broad SMARTS) is 1. The van der Waals surface area contributed by atoms with Crippen molar-refractivity contribution in [3.63, 3.8) is 0 Å². The van der Waals surface area contributed by atoms with Crippen LogP contribution in [0.3, 0.4) is 0 Å². The Balaban J connectivity index is 1.45. The fourth-order valence-corrected chi connectivity index (χ4v) is 4.70. The Morgan fingerprint density at radius 2 is 1.76 bits per heavy atom. The van der Waals surface area contributed by atoms with E-state index < -0.39 is 11.9 Å². The lowest BCUT2D eigenvalue weighted by atomic mass is 9.81. The summed E-state index contributed by atoms with van der Waals surface area (Å²) in [4.78, 5) is 49.4. The second-order valence-corrected chi connectivity index (χ2v) is 7.08. The second kappa shape index (κ2) is 5.68. The number of rotatable bonds is 4. The van der Waals surface area contributed by atoms with Crippen LogP contribution in [0, 0.1) is 23.7 Å². The van der Waals surface area contributed by atoms with Crippen LogP contribution >= 0.6 is 0 Å². The number of nitrogens with one attached hydrogen (secondary N) is 1. The lowest BCUT2D eigenvalue weighted by molar-refractivity contribution is -0.143. The number of amides is 3. The van der Waals surface area contributed by atoms with E-state index >= 15 is 0 Å². The number of nitrogens with zero attached hydrogens (tertiary/aromatic N) is 1. The number of hydrogen-bond donors (Lipinski definition) is 2. The quantitative estimate of drug-likeness (QED) is 0.804. The van der Waals surface area contributed by atoms with Crippen LogP contribution in [-0.4, -0.2) is 40.2 Å². The molecule has 130 valence electrons. The van der Waals surface area contributed by atoms with Crippen molar-refractivity contribution in [3.05, 3.63) is 29.8 Å². The predicted octanol–water partition coefficient (Wildman–Crippen LogP) is 1.35. The normalized spacial score (nSPS) is 29.8. The molecule has 1 aromatic rings. The zero-order chi connectivity index (χ0) is 17.7. The maximum atomic E-state index is 12.6. The monoisotopic (exact) mass is 342 g/mol. The van der Waals surface area contributed by atoms with Crippen LogP contribution in [0.5, 0.6) is 0 Å². The van der Waals surface area contributed by atoms with E-state index in [0.717, 1.165) is 24.2 Å². The van der Waals surface area contributed by atoms with Crippen molar-refractivity contribution in [3.8, 4) is 0 Å². The number of carbonyl (C=O) groups excluding carboxylic acids is 3. The molecule has 1 aromatic carbocycles. The van der Waals surface area contributed by atoms with E-state index in [-0.39, 0.29) is 47.6 Å². The minimum Gasteiger partial charge on any atom is -0.478 e. The van der Waals surface area contributed by atoms with Gasteiger partial charge < -0.3 is 10.4 Å². The number of fused-ring (bicyclic) bond motifs is 5.